The molecule has 24 heavy (non-hydrogen) atoms. The van der Waals surface area contributed by atoms with Crippen LogP contribution in [-0.4, -0.2) is 37.4 Å². The van der Waals surface area contributed by atoms with E-state index in [1.165, 1.54) is 17.4 Å². The van der Waals surface area contributed by atoms with Crippen molar-refractivity contribution in [3.63, 3.8) is 0 Å². The largest absolute Gasteiger partial charge is 0.573 e. The molecule has 0 aliphatic carbocycles. The summed E-state index contributed by atoms with van der Waals surface area (Å²) in [6, 6.07) is 9.62. The standard InChI is InChI=1S/C16H16ClF3N2OS/c17-14-6-5-13(24-14)15(22-9-7-21-8-10-22)11-3-1-2-4-12(11)23-16(18,19)20/h1-6,15,21H,7-10H2/t15-/m0/s1. The lowest BCUT2D eigenvalue weighted by atomic mass is 10.0. The second-order valence-corrected chi connectivity index (χ2v) is 7.16. The third kappa shape index (κ3) is 4.22. The highest BCUT2D eigenvalue weighted by Crippen LogP contribution is 2.40. The lowest BCUT2D eigenvalue weighted by Gasteiger charge is -2.35. The molecule has 1 atom stereocenters. The first-order chi connectivity index (χ1) is 11.4. The number of halogens is 4. The first-order valence-corrected chi connectivity index (χ1v) is 8.68. The Morgan fingerprint density at radius 2 is 1.83 bits per heavy atom. The maximum Gasteiger partial charge on any atom is 0.573 e. The van der Waals surface area contributed by atoms with Gasteiger partial charge in [-0.1, -0.05) is 29.8 Å². The highest BCUT2D eigenvalue weighted by Gasteiger charge is 2.34. The lowest BCUT2D eigenvalue weighted by Crippen LogP contribution is -2.45. The Morgan fingerprint density at radius 1 is 1.12 bits per heavy atom. The Kier molecular flexibility index (Phi) is 5.34. The summed E-state index contributed by atoms with van der Waals surface area (Å²) in [6.45, 7) is 3.05. The summed E-state index contributed by atoms with van der Waals surface area (Å²) in [5, 5.41) is 3.26. The van der Waals surface area contributed by atoms with Gasteiger partial charge in [-0.2, -0.15) is 0 Å². The predicted molar refractivity (Wildman–Crippen MR) is 88.7 cm³/mol. The SMILES string of the molecule is FC(F)(F)Oc1ccccc1[C@@H](c1ccc(Cl)s1)N1CCNCC1. The summed E-state index contributed by atoms with van der Waals surface area (Å²) in [6.07, 6.45) is -4.72. The number of nitrogens with one attached hydrogen (secondary N) is 1. The molecular formula is C16H16ClF3N2OS. The van der Waals surface area contributed by atoms with Gasteiger partial charge in [0.1, 0.15) is 5.75 Å². The van der Waals surface area contributed by atoms with Gasteiger partial charge < -0.3 is 10.1 Å². The van der Waals surface area contributed by atoms with Crippen LogP contribution in [0.2, 0.25) is 4.34 Å². The van der Waals surface area contributed by atoms with Crippen LogP contribution in [0.5, 0.6) is 5.75 Å². The molecule has 0 bridgehead atoms. The molecular weight excluding hydrogens is 361 g/mol. The minimum atomic E-state index is -4.72. The summed E-state index contributed by atoms with van der Waals surface area (Å²) in [5.41, 5.74) is 0.496. The van der Waals surface area contributed by atoms with E-state index in [2.05, 4.69) is 15.0 Å². The number of thiophene rings is 1. The van der Waals surface area contributed by atoms with Crippen LogP contribution >= 0.6 is 22.9 Å². The third-order valence-corrected chi connectivity index (χ3v) is 5.10. The number of para-hydroxylation sites is 1. The van der Waals surface area contributed by atoms with Gasteiger partial charge in [-0.15, -0.1) is 24.5 Å². The topological polar surface area (TPSA) is 24.5 Å². The molecule has 1 fully saturated rings. The van der Waals surface area contributed by atoms with Gasteiger partial charge >= 0.3 is 6.36 Å². The van der Waals surface area contributed by atoms with Crippen molar-refractivity contribution in [2.75, 3.05) is 26.2 Å². The van der Waals surface area contributed by atoms with E-state index in [0.29, 0.717) is 9.90 Å². The average molecular weight is 377 g/mol. The quantitative estimate of drug-likeness (QED) is 0.861. The van der Waals surface area contributed by atoms with Crippen molar-refractivity contribution in [3.05, 3.63) is 51.2 Å². The van der Waals surface area contributed by atoms with Crippen molar-refractivity contribution in [1.29, 1.82) is 0 Å². The predicted octanol–water partition coefficient (Wildman–Crippen LogP) is 4.29. The van der Waals surface area contributed by atoms with Gasteiger partial charge in [-0.25, -0.2) is 0 Å². The van der Waals surface area contributed by atoms with Gasteiger partial charge in [0, 0.05) is 36.6 Å². The van der Waals surface area contributed by atoms with Crippen molar-refractivity contribution >= 4 is 22.9 Å². The number of alkyl halides is 3. The van der Waals surface area contributed by atoms with Crippen LogP contribution in [0.25, 0.3) is 0 Å². The van der Waals surface area contributed by atoms with E-state index in [0.717, 1.165) is 31.1 Å². The number of benzene rings is 1. The normalized spacial score (nSPS) is 17.7. The van der Waals surface area contributed by atoms with E-state index < -0.39 is 6.36 Å². The number of nitrogens with zero attached hydrogens (tertiary/aromatic N) is 1. The van der Waals surface area contributed by atoms with Crippen LogP contribution < -0.4 is 10.1 Å². The Bertz CT molecular complexity index is 686. The van der Waals surface area contributed by atoms with E-state index in [9.17, 15) is 13.2 Å². The number of hydrogen-bond donors (Lipinski definition) is 1. The molecule has 3 nitrogen and oxygen atoms in total. The number of ether oxygens (including phenoxy) is 1. The smallest absolute Gasteiger partial charge is 0.405 e. The van der Waals surface area contributed by atoms with Gasteiger partial charge in [0.25, 0.3) is 0 Å². The van der Waals surface area contributed by atoms with Crippen LogP contribution in [-0.2, 0) is 0 Å². The van der Waals surface area contributed by atoms with E-state index in [1.807, 2.05) is 6.07 Å². The van der Waals surface area contributed by atoms with Gasteiger partial charge in [-0.3, -0.25) is 4.90 Å². The molecule has 0 radical (unpaired) electrons. The van der Waals surface area contributed by atoms with Crippen molar-refractivity contribution in [2.45, 2.75) is 12.4 Å². The van der Waals surface area contributed by atoms with Crippen LogP contribution in [0.1, 0.15) is 16.5 Å². The van der Waals surface area contributed by atoms with Gasteiger partial charge in [0.15, 0.2) is 0 Å². The highest BCUT2D eigenvalue weighted by molar-refractivity contribution is 7.16. The fraction of sp³-hybridized carbons (Fsp3) is 0.375. The van der Waals surface area contributed by atoms with E-state index in [4.69, 9.17) is 11.6 Å². The Hall–Kier alpha value is -1.28. The highest BCUT2D eigenvalue weighted by atomic mass is 35.5. The molecule has 1 N–H and O–H groups in total. The zero-order valence-corrected chi connectivity index (χ0v) is 14.2. The molecule has 2 heterocycles. The Labute approximate surface area is 147 Å². The molecule has 2 aromatic rings. The lowest BCUT2D eigenvalue weighted by molar-refractivity contribution is -0.275. The number of rotatable bonds is 4. The molecule has 0 saturated carbocycles. The molecule has 8 heteroatoms. The first-order valence-electron chi connectivity index (χ1n) is 7.49. The van der Waals surface area contributed by atoms with Crippen LogP contribution in [0.3, 0.4) is 0 Å². The van der Waals surface area contributed by atoms with E-state index in [-0.39, 0.29) is 11.8 Å². The molecule has 1 aliphatic rings. The van der Waals surface area contributed by atoms with Crippen molar-refractivity contribution in [1.82, 2.24) is 10.2 Å². The zero-order chi connectivity index (χ0) is 17.2. The molecule has 130 valence electrons. The van der Waals surface area contributed by atoms with Crippen LogP contribution in [0, 0.1) is 0 Å². The van der Waals surface area contributed by atoms with E-state index in [1.54, 1.807) is 24.3 Å². The second-order valence-electron chi connectivity index (χ2n) is 5.42. The maximum atomic E-state index is 12.8. The molecule has 1 aromatic carbocycles. The monoisotopic (exact) mass is 376 g/mol. The first kappa shape index (κ1) is 17.5. The van der Waals surface area contributed by atoms with Gasteiger partial charge in [-0.05, 0) is 18.2 Å². The minimum absolute atomic E-state index is 0.168. The molecule has 1 aromatic heterocycles. The molecule has 0 spiro atoms. The summed E-state index contributed by atoms with van der Waals surface area (Å²) >= 11 is 7.43. The van der Waals surface area contributed by atoms with Gasteiger partial charge in [0.05, 0.1) is 10.4 Å². The molecule has 1 aliphatic heterocycles. The Morgan fingerprint density at radius 3 is 2.46 bits per heavy atom. The maximum absolute atomic E-state index is 12.8. The summed E-state index contributed by atoms with van der Waals surface area (Å²) in [5.74, 6) is -0.168. The summed E-state index contributed by atoms with van der Waals surface area (Å²) < 4.78 is 43.2. The molecule has 0 unspecified atom stereocenters. The Balaban J connectivity index is 2.02. The fourth-order valence-electron chi connectivity index (χ4n) is 2.87. The van der Waals surface area contributed by atoms with Crippen LogP contribution in [0.4, 0.5) is 13.2 Å². The van der Waals surface area contributed by atoms with Crippen LogP contribution in [0.15, 0.2) is 36.4 Å². The number of hydrogen-bond acceptors (Lipinski definition) is 4. The second kappa shape index (κ2) is 7.31. The molecule has 1 saturated heterocycles. The third-order valence-electron chi connectivity index (χ3n) is 3.82. The van der Waals surface area contributed by atoms with Gasteiger partial charge in [0.2, 0.25) is 0 Å². The molecule has 3 rings (SSSR count). The number of piperazine rings is 1. The minimum Gasteiger partial charge on any atom is -0.405 e. The average Bonchev–Trinajstić information content (AvgIpc) is 2.95. The summed E-state index contributed by atoms with van der Waals surface area (Å²) in [7, 11) is 0. The van der Waals surface area contributed by atoms with Crippen molar-refractivity contribution < 1.29 is 17.9 Å². The van der Waals surface area contributed by atoms with E-state index >= 15 is 0 Å². The van der Waals surface area contributed by atoms with Crippen molar-refractivity contribution in [2.24, 2.45) is 0 Å². The zero-order valence-electron chi connectivity index (χ0n) is 12.6. The summed E-state index contributed by atoms with van der Waals surface area (Å²) in [4.78, 5) is 3.05. The van der Waals surface area contributed by atoms with Crippen molar-refractivity contribution in [3.8, 4) is 5.75 Å². The fourth-order valence-corrected chi connectivity index (χ4v) is 4.08. The molecule has 0 amide bonds.